The van der Waals surface area contributed by atoms with Crippen LogP contribution in [0.25, 0.3) is 0 Å². The van der Waals surface area contributed by atoms with Crippen molar-refractivity contribution >= 4 is 29.9 Å². The first kappa shape index (κ1) is 20.2. The van der Waals surface area contributed by atoms with Gasteiger partial charge in [-0.2, -0.15) is 0 Å². The van der Waals surface area contributed by atoms with E-state index in [-0.39, 0.29) is 30.8 Å². The SMILES string of the molecule is CN=C(NCc1ccc2c(c1)OCO2)N(C)Cc1ccccc1OC.I. The number of hydrogen-bond donors (Lipinski definition) is 1. The Bertz CT molecular complexity index is 767. The molecule has 140 valence electrons. The van der Waals surface area contributed by atoms with E-state index in [0.29, 0.717) is 13.1 Å². The van der Waals surface area contributed by atoms with Crippen LogP contribution >= 0.6 is 24.0 Å². The summed E-state index contributed by atoms with van der Waals surface area (Å²) in [5.74, 6) is 3.27. The van der Waals surface area contributed by atoms with Crippen LogP contribution < -0.4 is 19.5 Å². The molecule has 6 nitrogen and oxygen atoms in total. The third-order valence-corrected chi connectivity index (χ3v) is 4.06. The Balaban J connectivity index is 0.00000243. The first-order valence-electron chi connectivity index (χ1n) is 8.13. The zero-order valence-electron chi connectivity index (χ0n) is 15.2. The van der Waals surface area contributed by atoms with Gasteiger partial charge in [-0.3, -0.25) is 4.99 Å². The molecule has 0 unspecified atom stereocenters. The Kier molecular flexibility index (Phi) is 7.38. The molecule has 0 saturated heterocycles. The van der Waals surface area contributed by atoms with Gasteiger partial charge >= 0.3 is 0 Å². The maximum Gasteiger partial charge on any atom is 0.231 e. The second kappa shape index (κ2) is 9.51. The van der Waals surface area contributed by atoms with Gasteiger partial charge in [0.25, 0.3) is 0 Å². The van der Waals surface area contributed by atoms with Gasteiger partial charge in [0, 0.05) is 32.7 Å². The number of nitrogens with one attached hydrogen (secondary N) is 1. The lowest BCUT2D eigenvalue weighted by Crippen LogP contribution is -2.38. The first-order chi connectivity index (χ1) is 12.2. The highest BCUT2D eigenvalue weighted by molar-refractivity contribution is 14.0. The van der Waals surface area contributed by atoms with Gasteiger partial charge in [-0.15, -0.1) is 24.0 Å². The highest BCUT2D eigenvalue weighted by Crippen LogP contribution is 2.32. The van der Waals surface area contributed by atoms with Gasteiger partial charge in [0.15, 0.2) is 17.5 Å². The van der Waals surface area contributed by atoms with Crippen LogP contribution in [0.1, 0.15) is 11.1 Å². The average molecular weight is 469 g/mol. The van der Waals surface area contributed by atoms with Crippen LogP contribution in [0.4, 0.5) is 0 Å². The smallest absolute Gasteiger partial charge is 0.231 e. The fourth-order valence-corrected chi connectivity index (χ4v) is 2.78. The van der Waals surface area contributed by atoms with E-state index in [2.05, 4.69) is 21.3 Å². The lowest BCUT2D eigenvalue weighted by Gasteiger charge is -2.23. The maximum absolute atomic E-state index is 5.42. The molecular weight excluding hydrogens is 445 g/mol. The Morgan fingerprint density at radius 3 is 2.73 bits per heavy atom. The van der Waals surface area contributed by atoms with E-state index in [1.165, 1.54) is 0 Å². The lowest BCUT2D eigenvalue weighted by molar-refractivity contribution is 0.174. The number of hydrogen-bond acceptors (Lipinski definition) is 4. The van der Waals surface area contributed by atoms with Crippen LogP contribution in [0, 0.1) is 0 Å². The quantitative estimate of drug-likeness (QED) is 0.414. The molecule has 2 aromatic carbocycles. The van der Waals surface area contributed by atoms with Gasteiger partial charge in [0.2, 0.25) is 6.79 Å². The second-order valence-electron chi connectivity index (χ2n) is 5.76. The van der Waals surface area contributed by atoms with Crippen LogP contribution in [0.2, 0.25) is 0 Å². The van der Waals surface area contributed by atoms with E-state index in [9.17, 15) is 0 Å². The molecule has 0 atom stereocenters. The third kappa shape index (κ3) is 4.72. The van der Waals surface area contributed by atoms with Gasteiger partial charge in [-0.25, -0.2) is 0 Å². The molecule has 7 heteroatoms. The molecule has 0 amide bonds. The minimum absolute atomic E-state index is 0. The van der Waals surface area contributed by atoms with Gasteiger partial charge in [0.05, 0.1) is 7.11 Å². The fraction of sp³-hybridized carbons (Fsp3) is 0.316. The molecule has 1 N–H and O–H groups in total. The van der Waals surface area contributed by atoms with E-state index < -0.39 is 0 Å². The van der Waals surface area contributed by atoms with Crippen molar-refractivity contribution in [1.29, 1.82) is 0 Å². The number of para-hydroxylation sites is 1. The molecule has 0 aromatic heterocycles. The molecule has 3 rings (SSSR count). The molecule has 2 aromatic rings. The molecule has 0 aliphatic carbocycles. The molecule has 1 heterocycles. The number of ether oxygens (including phenoxy) is 3. The number of aliphatic imine (C=N–C) groups is 1. The van der Waals surface area contributed by atoms with Crippen LogP contribution in [0.5, 0.6) is 17.2 Å². The molecule has 1 aliphatic heterocycles. The maximum atomic E-state index is 5.42. The van der Waals surface area contributed by atoms with Crippen molar-refractivity contribution in [3.8, 4) is 17.2 Å². The van der Waals surface area contributed by atoms with Crippen LogP contribution in [-0.2, 0) is 13.1 Å². The normalized spacial score (nSPS) is 12.3. The van der Waals surface area contributed by atoms with Crippen molar-refractivity contribution in [2.75, 3.05) is 28.0 Å². The Morgan fingerprint density at radius 1 is 1.19 bits per heavy atom. The zero-order valence-corrected chi connectivity index (χ0v) is 17.5. The number of benzene rings is 2. The largest absolute Gasteiger partial charge is 0.496 e. The average Bonchev–Trinajstić information content (AvgIpc) is 3.10. The van der Waals surface area contributed by atoms with Gasteiger partial charge < -0.3 is 24.4 Å². The molecule has 0 radical (unpaired) electrons. The number of rotatable bonds is 5. The Labute approximate surface area is 171 Å². The van der Waals surface area contributed by atoms with Crippen LogP contribution in [-0.4, -0.2) is 38.9 Å². The minimum atomic E-state index is 0. The van der Waals surface area contributed by atoms with Gasteiger partial charge in [-0.05, 0) is 23.8 Å². The number of nitrogens with zero attached hydrogens (tertiary/aromatic N) is 2. The summed E-state index contributed by atoms with van der Waals surface area (Å²) in [5.41, 5.74) is 2.22. The fourth-order valence-electron chi connectivity index (χ4n) is 2.78. The monoisotopic (exact) mass is 469 g/mol. The molecule has 26 heavy (non-hydrogen) atoms. The number of fused-ring (bicyclic) bond motifs is 1. The highest BCUT2D eigenvalue weighted by Gasteiger charge is 2.14. The van der Waals surface area contributed by atoms with Crippen molar-refractivity contribution in [3.63, 3.8) is 0 Å². The third-order valence-electron chi connectivity index (χ3n) is 4.06. The summed E-state index contributed by atoms with van der Waals surface area (Å²) in [6, 6.07) is 13.9. The summed E-state index contributed by atoms with van der Waals surface area (Å²) < 4.78 is 16.2. The predicted molar refractivity (Wildman–Crippen MR) is 113 cm³/mol. The molecule has 0 fully saturated rings. The predicted octanol–water partition coefficient (Wildman–Crippen LogP) is 3.25. The van der Waals surface area contributed by atoms with E-state index in [1.807, 2.05) is 43.4 Å². The molecule has 1 aliphatic rings. The topological polar surface area (TPSA) is 55.3 Å². The molecule has 0 spiro atoms. The highest BCUT2D eigenvalue weighted by atomic mass is 127. The van der Waals surface area contributed by atoms with Crippen molar-refractivity contribution in [1.82, 2.24) is 10.2 Å². The van der Waals surface area contributed by atoms with Crippen molar-refractivity contribution in [2.24, 2.45) is 4.99 Å². The summed E-state index contributed by atoms with van der Waals surface area (Å²) in [5, 5.41) is 3.37. The second-order valence-corrected chi connectivity index (χ2v) is 5.76. The molecular formula is C19H24IN3O3. The van der Waals surface area contributed by atoms with Crippen molar-refractivity contribution in [2.45, 2.75) is 13.1 Å². The standard InChI is InChI=1S/C19H23N3O3.HI/c1-20-19(22(2)12-15-6-4-5-7-16(15)23-3)21-11-14-8-9-17-18(10-14)25-13-24-17;/h4-10H,11-13H2,1-3H3,(H,20,21);1H. The zero-order chi connectivity index (χ0) is 17.6. The number of guanidine groups is 1. The summed E-state index contributed by atoms with van der Waals surface area (Å²) in [7, 11) is 5.47. The van der Waals surface area contributed by atoms with Crippen molar-refractivity contribution in [3.05, 3.63) is 53.6 Å². The van der Waals surface area contributed by atoms with E-state index in [0.717, 1.165) is 34.3 Å². The minimum Gasteiger partial charge on any atom is -0.496 e. The van der Waals surface area contributed by atoms with Gasteiger partial charge in [-0.1, -0.05) is 24.3 Å². The number of methoxy groups -OCH3 is 1. The summed E-state index contributed by atoms with van der Waals surface area (Å²) in [6.07, 6.45) is 0. The molecule has 0 saturated carbocycles. The summed E-state index contributed by atoms with van der Waals surface area (Å²) in [6.45, 7) is 1.64. The Hall–Kier alpha value is -2.16. The molecule has 0 bridgehead atoms. The van der Waals surface area contributed by atoms with E-state index >= 15 is 0 Å². The van der Waals surface area contributed by atoms with Crippen LogP contribution in [0.15, 0.2) is 47.5 Å². The van der Waals surface area contributed by atoms with E-state index in [4.69, 9.17) is 14.2 Å². The van der Waals surface area contributed by atoms with E-state index in [1.54, 1.807) is 14.2 Å². The van der Waals surface area contributed by atoms with Crippen LogP contribution in [0.3, 0.4) is 0 Å². The van der Waals surface area contributed by atoms with Crippen molar-refractivity contribution < 1.29 is 14.2 Å². The lowest BCUT2D eigenvalue weighted by atomic mass is 10.2. The summed E-state index contributed by atoms with van der Waals surface area (Å²) >= 11 is 0. The summed E-state index contributed by atoms with van der Waals surface area (Å²) in [4.78, 5) is 6.42. The number of halogens is 1. The van der Waals surface area contributed by atoms with Gasteiger partial charge in [0.1, 0.15) is 5.75 Å². The Morgan fingerprint density at radius 2 is 1.96 bits per heavy atom. The first-order valence-corrected chi connectivity index (χ1v) is 8.13.